The maximum Gasteiger partial charge on any atom is 0.115 e. The average molecular weight is 385 g/mol. The Kier molecular flexibility index (Phi) is 6.40. The highest BCUT2D eigenvalue weighted by atomic mass is 16.3. The Bertz CT molecular complexity index is 898. The van der Waals surface area contributed by atoms with Crippen LogP contribution in [0.5, 0.6) is 5.75 Å². The number of phenolic OH excluding ortho intramolecular Hbond substituents is 1. The largest absolute Gasteiger partial charge is 0.508 e. The molecule has 0 saturated carbocycles. The fourth-order valence-corrected chi connectivity index (χ4v) is 4.01. The Morgan fingerprint density at radius 2 is 1.31 bits per heavy atom. The van der Waals surface area contributed by atoms with Crippen molar-refractivity contribution in [2.24, 2.45) is 0 Å². The summed E-state index contributed by atoms with van der Waals surface area (Å²) in [5.41, 5.74) is 3.78. The first-order valence-electron chi connectivity index (χ1n) is 10.3. The second kappa shape index (κ2) is 9.55. The fraction of sp³-hybridized carbons (Fsp3) is 0.231. The van der Waals surface area contributed by atoms with Gasteiger partial charge in [0, 0.05) is 32.7 Å². The van der Waals surface area contributed by atoms with Crippen LogP contribution in [0.3, 0.4) is 0 Å². The zero-order valence-corrected chi connectivity index (χ0v) is 16.7. The molecule has 1 unspecified atom stereocenters. The molecule has 148 valence electrons. The Morgan fingerprint density at radius 3 is 1.97 bits per heavy atom. The standard InChI is InChI=1S/C26H28N2O/c29-25-15-13-24(14-16-25)26(23-11-5-2-6-12-23)28-20-18-27(19-21-28)17-7-10-22-8-3-1-4-9-22/h1-16,26,29H,17-21H2/b10-7+. The van der Waals surface area contributed by atoms with Crippen LogP contribution < -0.4 is 0 Å². The molecule has 0 radical (unpaired) electrons. The third-order valence-corrected chi connectivity index (χ3v) is 5.57. The van der Waals surface area contributed by atoms with Gasteiger partial charge in [-0.3, -0.25) is 9.80 Å². The molecule has 0 aromatic heterocycles. The quantitative estimate of drug-likeness (QED) is 0.660. The molecule has 4 rings (SSSR count). The number of rotatable bonds is 6. The SMILES string of the molecule is Oc1ccc(C(c2ccccc2)N2CCN(C/C=C/c3ccccc3)CC2)cc1. The summed E-state index contributed by atoms with van der Waals surface area (Å²) in [6, 6.07) is 29.0. The second-order valence-electron chi connectivity index (χ2n) is 7.55. The van der Waals surface area contributed by atoms with Crippen LogP contribution >= 0.6 is 0 Å². The summed E-state index contributed by atoms with van der Waals surface area (Å²) in [6.07, 6.45) is 4.47. The molecule has 1 N–H and O–H groups in total. The van der Waals surface area contributed by atoms with Gasteiger partial charge < -0.3 is 5.11 Å². The summed E-state index contributed by atoms with van der Waals surface area (Å²) in [4.78, 5) is 5.06. The summed E-state index contributed by atoms with van der Waals surface area (Å²) in [5.74, 6) is 0.315. The first-order valence-corrected chi connectivity index (χ1v) is 10.3. The van der Waals surface area contributed by atoms with Gasteiger partial charge >= 0.3 is 0 Å². The summed E-state index contributed by atoms with van der Waals surface area (Å²) < 4.78 is 0. The van der Waals surface area contributed by atoms with E-state index in [1.807, 2.05) is 18.2 Å². The minimum atomic E-state index is 0.221. The number of hydrogen-bond acceptors (Lipinski definition) is 3. The van der Waals surface area contributed by atoms with E-state index >= 15 is 0 Å². The molecular weight excluding hydrogens is 356 g/mol. The molecule has 29 heavy (non-hydrogen) atoms. The lowest BCUT2D eigenvalue weighted by atomic mass is 9.96. The molecule has 3 heteroatoms. The van der Waals surface area contributed by atoms with Gasteiger partial charge in [0.1, 0.15) is 5.75 Å². The van der Waals surface area contributed by atoms with Gasteiger partial charge in [-0.15, -0.1) is 0 Å². The van der Waals surface area contributed by atoms with E-state index in [0.29, 0.717) is 5.75 Å². The van der Waals surface area contributed by atoms with E-state index in [1.165, 1.54) is 16.7 Å². The molecule has 1 heterocycles. The molecule has 3 aromatic rings. The Balaban J connectivity index is 1.41. The van der Waals surface area contributed by atoms with Crippen molar-refractivity contribution < 1.29 is 5.11 Å². The van der Waals surface area contributed by atoms with E-state index in [2.05, 4.69) is 76.5 Å². The van der Waals surface area contributed by atoms with Crippen LogP contribution in [0.1, 0.15) is 22.7 Å². The summed E-state index contributed by atoms with van der Waals surface area (Å²) in [5, 5.41) is 9.69. The monoisotopic (exact) mass is 384 g/mol. The van der Waals surface area contributed by atoms with Crippen molar-refractivity contribution in [1.82, 2.24) is 9.80 Å². The maximum atomic E-state index is 9.69. The average Bonchev–Trinajstić information content (AvgIpc) is 2.78. The molecule has 1 aliphatic heterocycles. The van der Waals surface area contributed by atoms with E-state index in [4.69, 9.17) is 0 Å². The molecule has 3 aromatic carbocycles. The van der Waals surface area contributed by atoms with Crippen LogP contribution in [0.2, 0.25) is 0 Å². The van der Waals surface area contributed by atoms with Crippen LogP contribution in [-0.2, 0) is 0 Å². The molecule has 1 fully saturated rings. The molecule has 1 saturated heterocycles. The molecule has 0 amide bonds. The van der Waals surface area contributed by atoms with Gasteiger partial charge in [-0.25, -0.2) is 0 Å². The van der Waals surface area contributed by atoms with E-state index < -0.39 is 0 Å². The molecule has 3 nitrogen and oxygen atoms in total. The van der Waals surface area contributed by atoms with Gasteiger partial charge in [0.2, 0.25) is 0 Å². The molecule has 1 atom stereocenters. The number of nitrogens with zero attached hydrogens (tertiary/aromatic N) is 2. The highest BCUT2D eigenvalue weighted by Gasteiger charge is 2.26. The van der Waals surface area contributed by atoms with Crippen molar-refractivity contribution >= 4 is 6.08 Å². The topological polar surface area (TPSA) is 26.7 Å². The van der Waals surface area contributed by atoms with E-state index in [0.717, 1.165) is 32.7 Å². The number of hydrogen-bond donors (Lipinski definition) is 1. The Morgan fingerprint density at radius 1 is 0.724 bits per heavy atom. The molecular formula is C26H28N2O. The van der Waals surface area contributed by atoms with Crippen molar-refractivity contribution in [1.29, 1.82) is 0 Å². The van der Waals surface area contributed by atoms with Gasteiger partial charge in [0.25, 0.3) is 0 Å². The molecule has 1 aliphatic rings. The van der Waals surface area contributed by atoms with Crippen molar-refractivity contribution in [2.45, 2.75) is 6.04 Å². The normalized spacial score (nSPS) is 16.8. The third kappa shape index (κ3) is 5.14. The van der Waals surface area contributed by atoms with Crippen LogP contribution in [0.4, 0.5) is 0 Å². The first kappa shape index (κ1) is 19.4. The van der Waals surface area contributed by atoms with Gasteiger partial charge in [0.05, 0.1) is 6.04 Å². The number of piperazine rings is 1. The van der Waals surface area contributed by atoms with Crippen LogP contribution in [-0.4, -0.2) is 47.6 Å². The Labute approximate surface area is 173 Å². The lowest BCUT2D eigenvalue weighted by molar-refractivity contribution is 0.118. The van der Waals surface area contributed by atoms with Gasteiger partial charge in [-0.2, -0.15) is 0 Å². The highest BCUT2D eigenvalue weighted by molar-refractivity contribution is 5.48. The summed E-state index contributed by atoms with van der Waals surface area (Å²) >= 11 is 0. The molecule has 0 bridgehead atoms. The van der Waals surface area contributed by atoms with Crippen LogP contribution in [0, 0.1) is 0 Å². The predicted molar refractivity (Wildman–Crippen MR) is 120 cm³/mol. The van der Waals surface area contributed by atoms with E-state index in [1.54, 1.807) is 12.1 Å². The minimum absolute atomic E-state index is 0.221. The highest BCUT2D eigenvalue weighted by Crippen LogP contribution is 2.30. The van der Waals surface area contributed by atoms with Crippen molar-refractivity contribution in [3.8, 4) is 5.75 Å². The van der Waals surface area contributed by atoms with Gasteiger partial charge in [0.15, 0.2) is 0 Å². The minimum Gasteiger partial charge on any atom is -0.508 e. The third-order valence-electron chi connectivity index (χ3n) is 5.57. The van der Waals surface area contributed by atoms with Crippen molar-refractivity contribution in [3.63, 3.8) is 0 Å². The molecule has 0 aliphatic carbocycles. The van der Waals surface area contributed by atoms with Crippen LogP contribution in [0.25, 0.3) is 6.08 Å². The lowest BCUT2D eigenvalue weighted by Gasteiger charge is -2.39. The lowest BCUT2D eigenvalue weighted by Crippen LogP contribution is -2.47. The summed E-state index contributed by atoms with van der Waals surface area (Å²) in [7, 11) is 0. The number of aromatic hydroxyl groups is 1. The zero-order valence-electron chi connectivity index (χ0n) is 16.7. The summed E-state index contributed by atoms with van der Waals surface area (Å²) in [6.45, 7) is 5.15. The van der Waals surface area contributed by atoms with Crippen molar-refractivity contribution in [3.05, 3.63) is 108 Å². The molecule has 0 spiro atoms. The first-order chi connectivity index (χ1) is 14.3. The zero-order chi connectivity index (χ0) is 19.9. The van der Waals surface area contributed by atoms with Gasteiger partial charge in [-0.05, 0) is 28.8 Å². The Hall–Kier alpha value is -2.88. The van der Waals surface area contributed by atoms with Crippen LogP contribution in [0.15, 0.2) is 91.0 Å². The maximum absolute atomic E-state index is 9.69. The van der Waals surface area contributed by atoms with Gasteiger partial charge in [-0.1, -0.05) is 84.9 Å². The second-order valence-corrected chi connectivity index (χ2v) is 7.55. The smallest absolute Gasteiger partial charge is 0.115 e. The predicted octanol–water partition coefficient (Wildman–Crippen LogP) is 4.81. The van der Waals surface area contributed by atoms with Crippen molar-refractivity contribution in [2.75, 3.05) is 32.7 Å². The number of benzene rings is 3. The van der Waals surface area contributed by atoms with E-state index in [-0.39, 0.29) is 6.04 Å². The number of phenols is 1. The van der Waals surface area contributed by atoms with E-state index in [9.17, 15) is 5.11 Å². The fourth-order valence-electron chi connectivity index (χ4n) is 4.01.